The number of benzene rings is 1. The van der Waals surface area contributed by atoms with Gasteiger partial charge in [0.15, 0.2) is 5.69 Å². The van der Waals surface area contributed by atoms with Crippen molar-refractivity contribution in [1.82, 2.24) is 10.2 Å². The van der Waals surface area contributed by atoms with Crippen LogP contribution in [0.2, 0.25) is 0 Å². The average molecular weight is 245 g/mol. The predicted octanol–water partition coefficient (Wildman–Crippen LogP) is 2.12. The van der Waals surface area contributed by atoms with Gasteiger partial charge in [0.25, 0.3) is 5.91 Å². The fourth-order valence-corrected chi connectivity index (χ4v) is 1.64. The number of amides is 1. The van der Waals surface area contributed by atoms with Gasteiger partial charge in [-0.2, -0.15) is 5.10 Å². The van der Waals surface area contributed by atoms with E-state index in [0.717, 1.165) is 16.9 Å². The van der Waals surface area contributed by atoms with Crippen molar-refractivity contribution in [1.29, 1.82) is 0 Å². The lowest BCUT2D eigenvalue weighted by Crippen LogP contribution is -2.14. The Morgan fingerprint density at radius 2 is 2.22 bits per heavy atom. The van der Waals surface area contributed by atoms with E-state index in [1.807, 2.05) is 31.2 Å². The number of ether oxygens (including phenoxy) is 1. The first-order chi connectivity index (χ1) is 8.70. The molecule has 0 aliphatic rings. The maximum atomic E-state index is 11.9. The molecule has 5 heteroatoms. The second-order valence-electron chi connectivity index (χ2n) is 3.98. The summed E-state index contributed by atoms with van der Waals surface area (Å²) in [5, 5.41) is 9.48. The summed E-state index contributed by atoms with van der Waals surface area (Å²) >= 11 is 0. The molecule has 5 nitrogen and oxygen atoms in total. The zero-order valence-electron chi connectivity index (χ0n) is 10.4. The van der Waals surface area contributed by atoms with E-state index in [1.165, 1.54) is 0 Å². The molecule has 94 valence electrons. The Balaban J connectivity index is 2.16. The van der Waals surface area contributed by atoms with Gasteiger partial charge in [0.1, 0.15) is 0 Å². The summed E-state index contributed by atoms with van der Waals surface area (Å²) in [5.41, 5.74) is 2.90. The van der Waals surface area contributed by atoms with E-state index in [1.54, 1.807) is 13.2 Å². The largest absolute Gasteiger partial charge is 0.380 e. The van der Waals surface area contributed by atoms with Gasteiger partial charge >= 0.3 is 0 Å². The predicted molar refractivity (Wildman–Crippen MR) is 68.4 cm³/mol. The van der Waals surface area contributed by atoms with Gasteiger partial charge in [-0.25, -0.2) is 0 Å². The van der Waals surface area contributed by atoms with Crippen LogP contribution in [-0.2, 0) is 11.3 Å². The number of anilines is 1. The minimum atomic E-state index is -0.233. The molecule has 2 aromatic rings. The Bertz CT molecular complexity index is 549. The smallest absolute Gasteiger partial charge is 0.276 e. The lowest BCUT2D eigenvalue weighted by atomic mass is 10.2. The van der Waals surface area contributed by atoms with E-state index >= 15 is 0 Å². The number of carbonyl (C=O) groups is 1. The van der Waals surface area contributed by atoms with Gasteiger partial charge in [0.05, 0.1) is 6.61 Å². The Morgan fingerprint density at radius 1 is 1.44 bits per heavy atom. The molecule has 1 amide bonds. The molecule has 18 heavy (non-hydrogen) atoms. The molecule has 0 saturated heterocycles. The van der Waals surface area contributed by atoms with Crippen molar-refractivity contribution in [2.45, 2.75) is 13.5 Å². The lowest BCUT2D eigenvalue weighted by molar-refractivity contribution is 0.102. The highest BCUT2D eigenvalue weighted by atomic mass is 16.5. The molecule has 1 heterocycles. The van der Waals surface area contributed by atoms with Crippen molar-refractivity contribution < 1.29 is 9.53 Å². The van der Waals surface area contributed by atoms with Crippen LogP contribution in [0.1, 0.15) is 21.7 Å². The average Bonchev–Trinajstić information content (AvgIpc) is 2.79. The van der Waals surface area contributed by atoms with Crippen LogP contribution in [0.5, 0.6) is 0 Å². The van der Waals surface area contributed by atoms with Crippen LogP contribution in [0.15, 0.2) is 30.3 Å². The maximum Gasteiger partial charge on any atom is 0.276 e. The summed E-state index contributed by atoms with van der Waals surface area (Å²) in [5.74, 6) is -0.233. The van der Waals surface area contributed by atoms with Gasteiger partial charge in [-0.3, -0.25) is 9.89 Å². The van der Waals surface area contributed by atoms with E-state index < -0.39 is 0 Å². The van der Waals surface area contributed by atoms with E-state index in [4.69, 9.17) is 4.74 Å². The number of aromatic nitrogens is 2. The van der Waals surface area contributed by atoms with Crippen LogP contribution in [-0.4, -0.2) is 23.2 Å². The standard InChI is InChI=1S/C13H15N3O2/c1-9-7-12(16-15-9)13(17)14-11-6-4-3-5-10(11)8-18-2/h3-7H,8H2,1-2H3,(H,14,17)(H,15,16). The number of rotatable bonds is 4. The summed E-state index contributed by atoms with van der Waals surface area (Å²) in [6, 6.07) is 9.22. The molecule has 2 N–H and O–H groups in total. The Hall–Kier alpha value is -2.14. The molecular formula is C13H15N3O2. The van der Waals surface area contributed by atoms with Gasteiger partial charge < -0.3 is 10.1 Å². The van der Waals surface area contributed by atoms with Gasteiger partial charge in [0.2, 0.25) is 0 Å². The quantitative estimate of drug-likeness (QED) is 0.867. The minimum absolute atomic E-state index is 0.233. The Labute approximate surface area is 105 Å². The van der Waals surface area contributed by atoms with Crippen LogP contribution in [0.3, 0.4) is 0 Å². The fraction of sp³-hybridized carbons (Fsp3) is 0.231. The van der Waals surface area contributed by atoms with Crippen LogP contribution in [0.25, 0.3) is 0 Å². The molecular weight excluding hydrogens is 230 g/mol. The normalized spacial score (nSPS) is 10.3. The summed E-state index contributed by atoms with van der Waals surface area (Å²) in [6.07, 6.45) is 0. The second-order valence-corrected chi connectivity index (χ2v) is 3.98. The molecule has 2 rings (SSSR count). The molecule has 0 fully saturated rings. The molecule has 0 aliphatic heterocycles. The molecule has 0 spiro atoms. The second kappa shape index (κ2) is 5.46. The zero-order chi connectivity index (χ0) is 13.0. The monoisotopic (exact) mass is 245 g/mol. The highest BCUT2D eigenvalue weighted by molar-refractivity contribution is 6.03. The van der Waals surface area contributed by atoms with Gasteiger partial charge in [-0.15, -0.1) is 0 Å². The summed E-state index contributed by atoms with van der Waals surface area (Å²) in [4.78, 5) is 11.9. The highest BCUT2D eigenvalue weighted by Crippen LogP contribution is 2.16. The highest BCUT2D eigenvalue weighted by Gasteiger charge is 2.11. The van der Waals surface area contributed by atoms with Crippen LogP contribution in [0, 0.1) is 6.92 Å². The Kier molecular flexibility index (Phi) is 3.74. The zero-order valence-corrected chi connectivity index (χ0v) is 10.4. The number of nitrogens with one attached hydrogen (secondary N) is 2. The third kappa shape index (κ3) is 2.75. The minimum Gasteiger partial charge on any atom is -0.380 e. The first-order valence-corrected chi connectivity index (χ1v) is 5.61. The van der Waals surface area contributed by atoms with E-state index in [0.29, 0.717) is 12.3 Å². The summed E-state index contributed by atoms with van der Waals surface area (Å²) in [7, 11) is 1.62. The van der Waals surface area contributed by atoms with Gasteiger partial charge in [0, 0.05) is 24.1 Å². The third-order valence-electron chi connectivity index (χ3n) is 2.50. The van der Waals surface area contributed by atoms with Gasteiger partial charge in [-0.1, -0.05) is 18.2 Å². The van der Waals surface area contributed by atoms with Crippen LogP contribution >= 0.6 is 0 Å². The summed E-state index contributed by atoms with van der Waals surface area (Å²) in [6.45, 7) is 2.30. The number of H-pyrrole nitrogens is 1. The number of carbonyl (C=O) groups excluding carboxylic acids is 1. The number of hydrogen-bond acceptors (Lipinski definition) is 3. The van der Waals surface area contributed by atoms with Crippen LogP contribution < -0.4 is 5.32 Å². The third-order valence-corrected chi connectivity index (χ3v) is 2.50. The number of nitrogens with zero attached hydrogens (tertiary/aromatic N) is 1. The molecule has 0 unspecified atom stereocenters. The van der Waals surface area contributed by atoms with Crippen LogP contribution in [0.4, 0.5) is 5.69 Å². The summed E-state index contributed by atoms with van der Waals surface area (Å²) < 4.78 is 5.09. The number of hydrogen-bond donors (Lipinski definition) is 2. The van der Waals surface area contributed by atoms with Crippen molar-refractivity contribution >= 4 is 11.6 Å². The van der Waals surface area contributed by atoms with E-state index in [-0.39, 0.29) is 5.91 Å². The molecule has 1 aromatic heterocycles. The van der Waals surface area contributed by atoms with Gasteiger partial charge in [-0.05, 0) is 19.1 Å². The van der Waals surface area contributed by atoms with Crippen molar-refractivity contribution in [3.63, 3.8) is 0 Å². The SMILES string of the molecule is COCc1ccccc1NC(=O)c1cc(C)[nH]n1. The molecule has 0 atom stereocenters. The fourth-order valence-electron chi connectivity index (χ4n) is 1.64. The molecule has 1 aromatic carbocycles. The first kappa shape index (κ1) is 12.3. The first-order valence-electron chi connectivity index (χ1n) is 5.61. The molecule has 0 bridgehead atoms. The van der Waals surface area contributed by atoms with Crippen molar-refractivity contribution in [2.24, 2.45) is 0 Å². The van der Waals surface area contributed by atoms with Crippen molar-refractivity contribution in [3.8, 4) is 0 Å². The number of para-hydroxylation sites is 1. The molecule has 0 aliphatic carbocycles. The molecule has 0 saturated carbocycles. The van der Waals surface area contributed by atoms with Crippen molar-refractivity contribution in [2.75, 3.05) is 12.4 Å². The number of methoxy groups -OCH3 is 1. The Morgan fingerprint density at radius 3 is 2.89 bits per heavy atom. The number of aryl methyl sites for hydroxylation is 1. The topological polar surface area (TPSA) is 67.0 Å². The van der Waals surface area contributed by atoms with Crippen molar-refractivity contribution in [3.05, 3.63) is 47.3 Å². The van der Waals surface area contributed by atoms with E-state index in [2.05, 4.69) is 15.5 Å². The van der Waals surface area contributed by atoms with E-state index in [9.17, 15) is 4.79 Å². The maximum absolute atomic E-state index is 11.9. The molecule has 0 radical (unpaired) electrons. The lowest BCUT2D eigenvalue weighted by Gasteiger charge is -2.09. The number of aromatic amines is 1.